The molecule has 4 rings (SSSR count). The Morgan fingerprint density at radius 1 is 1.24 bits per heavy atom. The molecule has 0 unspecified atom stereocenters. The highest BCUT2D eigenvalue weighted by Crippen LogP contribution is 2.27. The Morgan fingerprint density at radius 2 is 2.03 bits per heavy atom. The molecule has 0 saturated carbocycles. The molecular formula is C26H39N5O3. The van der Waals surface area contributed by atoms with Crippen molar-refractivity contribution in [2.24, 2.45) is 11.7 Å². The van der Waals surface area contributed by atoms with Crippen LogP contribution in [0, 0.1) is 12.8 Å². The number of nitrogens with zero attached hydrogens (tertiary/aromatic N) is 4. The molecule has 2 aliphatic rings. The fourth-order valence-electron chi connectivity index (χ4n) is 5.03. The molecule has 1 amide bonds. The lowest BCUT2D eigenvalue weighted by molar-refractivity contribution is 0.0740. The average molecular weight is 470 g/mol. The van der Waals surface area contributed by atoms with Crippen LogP contribution in [0.3, 0.4) is 0 Å². The normalized spacial score (nSPS) is 19.3. The van der Waals surface area contributed by atoms with E-state index >= 15 is 0 Å². The fraction of sp³-hybridized carbons (Fsp3) is 0.654. The summed E-state index contributed by atoms with van der Waals surface area (Å²) < 4.78 is 11.4. The molecule has 1 aromatic carbocycles. The zero-order valence-electron chi connectivity index (χ0n) is 20.8. The van der Waals surface area contributed by atoms with Crippen LogP contribution in [0.1, 0.15) is 80.0 Å². The predicted octanol–water partition coefficient (Wildman–Crippen LogP) is 4.14. The molecule has 8 nitrogen and oxygen atoms in total. The van der Waals surface area contributed by atoms with Gasteiger partial charge in [0.25, 0.3) is 5.91 Å². The van der Waals surface area contributed by atoms with Gasteiger partial charge in [-0.25, -0.2) is 0 Å². The smallest absolute Gasteiger partial charge is 0.324 e. The van der Waals surface area contributed by atoms with E-state index in [1.165, 1.54) is 0 Å². The molecule has 2 aromatic rings. The number of hydrogen-bond acceptors (Lipinski definition) is 7. The lowest BCUT2D eigenvalue weighted by Gasteiger charge is -2.30. The minimum atomic E-state index is 0.0873. The molecule has 0 radical (unpaired) electrons. The zero-order chi connectivity index (χ0) is 24.1. The topological polar surface area (TPSA) is 97.7 Å². The minimum absolute atomic E-state index is 0.0873. The van der Waals surface area contributed by atoms with Gasteiger partial charge in [0.1, 0.15) is 5.75 Å². The van der Waals surface area contributed by atoms with Crippen molar-refractivity contribution in [1.29, 1.82) is 0 Å². The van der Waals surface area contributed by atoms with Gasteiger partial charge in [0, 0.05) is 43.7 Å². The van der Waals surface area contributed by atoms with Crippen molar-refractivity contribution in [3.63, 3.8) is 0 Å². The van der Waals surface area contributed by atoms with E-state index < -0.39 is 0 Å². The number of carbonyl (C=O) groups is 1. The molecule has 2 aliphatic heterocycles. The molecule has 2 N–H and O–H groups in total. The van der Waals surface area contributed by atoms with Crippen molar-refractivity contribution in [1.82, 2.24) is 15.0 Å². The van der Waals surface area contributed by atoms with Crippen molar-refractivity contribution in [3.8, 4) is 5.75 Å². The van der Waals surface area contributed by atoms with E-state index in [1.54, 1.807) is 0 Å². The summed E-state index contributed by atoms with van der Waals surface area (Å²) in [6.45, 7) is 10.1. The highest BCUT2D eigenvalue weighted by molar-refractivity contribution is 5.96. The number of rotatable bonds is 9. The van der Waals surface area contributed by atoms with Gasteiger partial charge in [-0.15, -0.1) is 0 Å². The zero-order valence-corrected chi connectivity index (χ0v) is 20.8. The number of piperidine rings is 1. The van der Waals surface area contributed by atoms with Gasteiger partial charge in [0.05, 0.1) is 6.61 Å². The number of aromatic nitrogens is 2. The average Bonchev–Trinajstić information content (AvgIpc) is 3.52. The molecule has 2 saturated heterocycles. The largest absolute Gasteiger partial charge is 0.494 e. The van der Waals surface area contributed by atoms with Gasteiger partial charge < -0.3 is 24.8 Å². The molecular weight excluding hydrogens is 430 g/mol. The number of aryl methyl sites for hydroxylation is 1. The third-order valence-electron chi connectivity index (χ3n) is 7.20. The van der Waals surface area contributed by atoms with Crippen molar-refractivity contribution in [3.05, 3.63) is 35.2 Å². The first kappa shape index (κ1) is 24.5. The first-order chi connectivity index (χ1) is 16.5. The predicted molar refractivity (Wildman–Crippen MR) is 132 cm³/mol. The van der Waals surface area contributed by atoms with E-state index in [0.717, 1.165) is 80.9 Å². The van der Waals surface area contributed by atoms with Gasteiger partial charge in [-0.2, -0.15) is 4.98 Å². The molecule has 3 heterocycles. The summed E-state index contributed by atoms with van der Waals surface area (Å²) in [6, 6.07) is 6.62. The Balaban J connectivity index is 1.19. The Kier molecular flexibility index (Phi) is 8.08. The van der Waals surface area contributed by atoms with E-state index in [2.05, 4.69) is 28.9 Å². The maximum Gasteiger partial charge on any atom is 0.324 e. The summed E-state index contributed by atoms with van der Waals surface area (Å²) in [5.41, 5.74) is 7.55. The minimum Gasteiger partial charge on any atom is -0.494 e. The van der Waals surface area contributed by atoms with Crippen LogP contribution >= 0.6 is 0 Å². The molecule has 1 atom stereocenters. The van der Waals surface area contributed by atoms with Crippen LogP contribution in [0.4, 0.5) is 6.01 Å². The maximum atomic E-state index is 12.9. The number of carbonyl (C=O) groups excluding carboxylic acids is 1. The maximum absolute atomic E-state index is 12.9. The van der Waals surface area contributed by atoms with Crippen LogP contribution in [0.25, 0.3) is 0 Å². The lowest BCUT2D eigenvalue weighted by atomic mass is 9.92. The van der Waals surface area contributed by atoms with Crippen LogP contribution in [-0.4, -0.2) is 59.8 Å². The monoisotopic (exact) mass is 469 g/mol. The van der Waals surface area contributed by atoms with E-state index in [4.69, 9.17) is 15.0 Å². The molecule has 186 valence electrons. The lowest BCUT2D eigenvalue weighted by Crippen LogP contribution is -2.40. The third kappa shape index (κ3) is 5.71. The second-order valence-electron chi connectivity index (χ2n) is 10.0. The summed E-state index contributed by atoms with van der Waals surface area (Å²) in [6.07, 6.45) is 6.47. The number of anilines is 1. The van der Waals surface area contributed by atoms with Crippen molar-refractivity contribution in [2.75, 3.05) is 37.7 Å². The number of ether oxygens (including phenoxy) is 1. The van der Waals surface area contributed by atoms with E-state index in [9.17, 15) is 4.79 Å². The second-order valence-corrected chi connectivity index (χ2v) is 10.0. The van der Waals surface area contributed by atoms with Gasteiger partial charge in [0.15, 0.2) is 5.82 Å². The number of likely N-dealkylation sites (tertiary alicyclic amines) is 1. The fourth-order valence-corrected chi connectivity index (χ4v) is 5.03. The summed E-state index contributed by atoms with van der Waals surface area (Å²) in [7, 11) is 0. The van der Waals surface area contributed by atoms with E-state index in [-0.39, 0.29) is 17.9 Å². The van der Waals surface area contributed by atoms with Crippen LogP contribution in [-0.2, 0) is 0 Å². The van der Waals surface area contributed by atoms with Crippen molar-refractivity contribution >= 4 is 11.9 Å². The Labute approximate surface area is 202 Å². The quantitative estimate of drug-likeness (QED) is 0.551. The first-order valence-electron chi connectivity index (χ1n) is 12.8. The Morgan fingerprint density at radius 3 is 2.71 bits per heavy atom. The van der Waals surface area contributed by atoms with Gasteiger partial charge in [0.2, 0.25) is 0 Å². The van der Waals surface area contributed by atoms with Crippen LogP contribution in [0.2, 0.25) is 0 Å². The third-order valence-corrected chi connectivity index (χ3v) is 7.20. The highest BCUT2D eigenvalue weighted by Gasteiger charge is 2.29. The van der Waals surface area contributed by atoms with Crippen molar-refractivity contribution in [2.45, 2.75) is 71.3 Å². The highest BCUT2D eigenvalue weighted by atomic mass is 16.5. The molecule has 8 heteroatoms. The van der Waals surface area contributed by atoms with E-state index in [1.807, 2.05) is 30.0 Å². The molecule has 0 spiro atoms. The molecule has 0 aliphatic carbocycles. The SMILES string of the molecule is Cc1cc(OCCCC2CCN(c3nc(C(C)C)no3)CC2)ccc1C(=O)N1CCC[C@@H]1CN. The summed E-state index contributed by atoms with van der Waals surface area (Å²) in [5.74, 6) is 2.68. The number of nitrogens with two attached hydrogens (primary N) is 1. The van der Waals surface area contributed by atoms with E-state index in [0.29, 0.717) is 25.1 Å². The van der Waals surface area contributed by atoms with Crippen LogP contribution in [0.5, 0.6) is 5.75 Å². The first-order valence-corrected chi connectivity index (χ1v) is 12.8. The van der Waals surface area contributed by atoms with Gasteiger partial charge >= 0.3 is 6.01 Å². The standard InChI is InChI=1S/C26H39N5O3/c1-18(2)24-28-26(34-29-24)30-13-10-20(11-14-30)6-5-15-33-22-8-9-23(19(3)16-22)25(32)31-12-4-7-21(31)17-27/h8-9,16,18,20-21H,4-7,10-15,17,27H2,1-3H3/t21-/m1/s1. The Hall–Kier alpha value is -2.61. The Bertz CT molecular complexity index is 952. The summed E-state index contributed by atoms with van der Waals surface area (Å²) >= 11 is 0. The van der Waals surface area contributed by atoms with Crippen LogP contribution < -0.4 is 15.4 Å². The number of hydrogen-bond donors (Lipinski definition) is 1. The molecule has 34 heavy (non-hydrogen) atoms. The number of benzene rings is 1. The number of amides is 1. The molecule has 0 bridgehead atoms. The second kappa shape index (κ2) is 11.2. The summed E-state index contributed by atoms with van der Waals surface area (Å²) in [4.78, 5) is 21.6. The van der Waals surface area contributed by atoms with Crippen molar-refractivity contribution < 1.29 is 14.1 Å². The summed E-state index contributed by atoms with van der Waals surface area (Å²) in [5, 5.41) is 4.08. The van der Waals surface area contributed by atoms with Gasteiger partial charge in [-0.3, -0.25) is 4.79 Å². The van der Waals surface area contributed by atoms with Gasteiger partial charge in [-0.1, -0.05) is 19.0 Å². The molecule has 2 fully saturated rings. The molecule has 1 aromatic heterocycles. The van der Waals surface area contributed by atoms with Gasteiger partial charge in [-0.05, 0) is 75.1 Å². The van der Waals surface area contributed by atoms with Crippen LogP contribution in [0.15, 0.2) is 22.7 Å².